The fourth-order valence-corrected chi connectivity index (χ4v) is 4.09. The molecular formula is C15H20N4O2S. The van der Waals surface area contributed by atoms with Crippen molar-refractivity contribution in [1.29, 1.82) is 0 Å². The van der Waals surface area contributed by atoms with E-state index in [2.05, 4.69) is 4.98 Å². The standard InChI is InChI=1S/C15H20N4O2S/c1-11-16-10-15(18(11)2)13-7-4-6-12(17-13)14-8-5-9-19(14)22(3,20)21/h4,6-7,10,14H,5,8-9H2,1-3H3/t14-/m1/s1. The summed E-state index contributed by atoms with van der Waals surface area (Å²) in [5, 5.41) is 0. The van der Waals surface area contributed by atoms with Gasteiger partial charge in [-0.2, -0.15) is 4.31 Å². The molecule has 1 saturated heterocycles. The van der Waals surface area contributed by atoms with E-state index in [1.54, 1.807) is 10.5 Å². The van der Waals surface area contributed by atoms with Crippen LogP contribution in [0.3, 0.4) is 0 Å². The molecule has 2 aromatic heterocycles. The Kier molecular flexibility index (Phi) is 3.78. The van der Waals surface area contributed by atoms with Crippen LogP contribution in [0, 0.1) is 6.92 Å². The van der Waals surface area contributed by atoms with Gasteiger partial charge in [0, 0.05) is 13.6 Å². The molecule has 7 heteroatoms. The SMILES string of the molecule is Cc1ncc(-c2cccc([C@H]3CCCN3S(C)(=O)=O)n2)n1C. The van der Waals surface area contributed by atoms with Crippen molar-refractivity contribution in [3.63, 3.8) is 0 Å². The van der Waals surface area contributed by atoms with E-state index in [0.717, 1.165) is 35.7 Å². The molecule has 0 amide bonds. The van der Waals surface area contributed by atoms with Crippen LogP contribution in [0.25, 0.3) is 11.4 Å². The number of hydrogen-bond donors (Lipinski definition) is 0. The number of nitrogens with zero attached hydrogens (tertiary/aromatic N) is 4. The molecular weight excluding hydrogens is 300 g/mol. The van der Waals surface area contributed by atoms with E-state index in [4.69, 9.17) is 4.98 Å². The van der Waals surface area contributed by atoms with Crippen molar-refractivity contribution in [1.82, 2.24) is 18.8 Å². The Labute approximate surface area is 130 Å². The fraction of sp³-hybridized carbons (Fsp3) is 0.467. The van der Waals surface area contributed by atoms with E-state index >= 15 is 0 Å². The highest BCUT2D eigenvalue weighted by Gasteiger charge is 2.33. The second-order valence-corrected chi connectivity index (χ2v) is 7.66. The number of pyridine rings is 1. The minimum atomic E-state index is -3.21. The third-order valence-electron chi connectivity index (χ3n) is 4.22. The molecule has 1 fully saturated rings. The summed E-state index contributed by atoms with van der Waals surface area (Å²) in [6, 6.07) is 5.60. The van der Waals surface area contributed by atoms with Gasteiger partial charge in [-0.15, -0.1) is 0 Å². The molecule has 3 rings (SSSR count). The summed E-state index contributed by atoms with van der Waals surface area (Å²) in [4.78, 5) is 8.99. The Morgan fingerprint density at radius 2 is 2.09 bits per heavy atom. The molecule has 118 valence electrons. The first-order valence-corrected chi connectivity index (χ1v) is 9.15. The molecule has 0 N–H and O–H groups in total. The number of imidazole rings is 1. The topological polar surface area (TPSA) is 68.1 Å². The molecule has 0 aliphatic carbocycles. The number of rotatable bonds is 3. The number of aromatic nitrogens is 3. The Morgan fingerprint density at radius 3 is 2.73 bits per heavy atom. The van der Waals surface area contributed by atoms with E-state index < -0.39 is 10.0 Å². The Balaban J connectivity index is 2.00. The minimum Gasteiger partial charge on any atom is -0.330 e. The van der Waals surface area contributed by atoms with Crippen molar-refractivity contribution in [2.75, 3.05) is 12.8 Å². The lowest BCUT2D eigenvalue weighted by molar-refractivity contribution is 0.394. The van der Waals surface area contributed by atoms with Gasteiger partial charge in [0.2, 0.25) is 10.0 Å². The van der Waals surface area contributed by atoms with Crippen molar-refractivity contribution in [3.8, 4) is 11.4 Å². The first-order chi connectivity index (χ1) is 10.4. The quantitative estimate of drug-likeness (QED) is 0.866. The third-order valence-corrected chi connectivity index (χ3v) is 5.51. The van der Waals surface area contributed by atoms with E-state index in [9.17, 15) is 8.42 Å². The summed E-state index contributed by atoms with van der Waals surface area (Å²) in [7, 11) is -1.26. The normalized spacial score (nSPS) is 19.7. The molecule has 0 spiro atoms. The van der Waals surface area contributed by atoms with Crippen LogP contribution >= 0.6 is 0 Å². The van der Waals surface area contributed by atoms with E-state index in [-0.39, 0.29) is 6.04 Å². The van der Waals surface area contributed by atoms with Crippen LogP contribution in [0.2, 0.25) is 0 Å². The molecule has 1 atom stereocenters. The predicted molar refractivity (Wildman–Crippen MR) is 84.7 cm³/mol. The summed E-state index contributed by atoms with van der Waals surface area (Å²) in [5.74, 6) is 0.917. The van der Waals surface area contributed by atoms with Gasteiger partial charge in [-0.25, -0.2) is 18.4 Å². The highest BCUT2D eigenvalue weighted by atomic mass is 32.2. The van der Waals surface area contributed by atoms with Crippen molar-refractivity contribution in [2.24, 2.45) is 7.05 Å². The molecule has 0 radical (unpaired) electrons. The molecule has 3 heterocycles. The van der Waals surface area contributed by atoms with Crippen LogP contribution in [0.1, 0.15) is 30.4 Å². The van der Waals surface area contributed by atoms with E-state index in [1.807, 2.05) is 36.7 Å². The van der Waals surface area contributed by atoms with Gasteiger partial charge in [-0.05, 0) is 31.9 Å². The van der Waals surface area contributed by atoms with Crippen LogP contribution in [-0.2, 0) is 17.1 Å². The predicted octanol–water partition coefficient (Wildman–Crippen LogP) is 1.89. The molecule has 2 aromatic rings. The first-order valence-electron chi connectivity index (χ1n) is 7.30. The zero-order chi connectivity index (χ0) is 15.9. The van der Waals surface area contributed by atoms with Crippen molar-refractivity contribution >= 4 is 10.0 Å². The number of sulfonamides is 1. The lowest BCUT2D eigenvalue weighted by atomic mass is 10.1. The maximum absolute atomic E-state index is 11.9. The van der Waals surface area contributed by atoms with E-state index in [0.29, 0.717) is 6.54 Å². The Morgan fingerprint density at radius 1 is 1.32 bits per heavy atom. The average Bonchev–Trinajstić information content (AvgIpc) is 3.07. The average molecular weight is 320 g/mol. The molecule has 0 aromatic carbocycles. The molecule has 1 aliphatic rings. The maximum atomic E-state index is 11.9. The lowest BCUT2D eigenvalue weighted by Crippen LogP contribution is -2.29. The molecule has 0 bridgehead atoms. The van der Waals surface area contributed by atoms with Gasteiger partial charge in [0.15, 0.2) is 0 Å². The fourth-order valence-electron chi connectivity index (χ4n) is 2.95. The number of aryl methyl sites for hydroxylation is 1. The van der Waals surface area contributed by atoms with Crippen LogP contribution in [0.4, 0.5) is 0 Å². The van der Waals surface area contributed by atoms with Gasteiger partial charge in [0.05, 0.1) is 35.6 Å². The van der Waals surface area contributed by atoms with Gasteiger partial charge in [-0.3, -0.25) is 0 Å². The van der Waals surface area contributed by atoms with E-state index in [1.165, 1.54) is 6.26 Å². The van der Waals surface area contributed by atoms with Crippen LogP contribution in [0.15, 0.2) is 24.4 Å². The lowest BCUT2D eigenvalue weighted by Gasteiger charge is -2.22. The molecule has 0 unspecified atom stereocenters. The van der Waals surface area contributed by atoms with Gasteiger partial charge in [0.1, 0.15) is 5.82 Å². The van der Waals surface area contributed by atoms with Crippen LogP contribution in [-0.4, -0.2) is 40.1 Å². The van der Waals surface area contributed by atoms with Crippen LogP contribution in [0.5, 0.6) is 0 Å². The smallest absolute Gasteiger partial charge is 0.211 e. The summed E-state index contributed by atoms with van der Waals surface area (Å²) < 4.78 is 27.4. The monoisotopic (exact) mass is 320 g/mol. The Hall–Kier alpha value is -1.73. The van der Waals surface area contributed by atoms with Gasteiger partial charge >= 0.3 is 0 Å². The maximum Gasteiger partial charge on any atom is 0.211 e. The second-order valence-electron chi connectivity index (χ2n) is 5.73. The van der Waals surface area contributed by atoms with Crippen LogP contribution < -0.4 is 0 Å². The summed E-state index contributed by atoms with van der Waals surface area (Å²) >= 11 is 0. The van der Waals surface area contributed by atoms with Gasteiger partial charge in [0.25, 0.3) is 0 Å². The minimum absolute atomic E-state index is 0.163. The number of hydrogen-bond acceptors (Lipinski definition) is 4. The molecule has 6 nitrogen and oxygen atoms in total. The Bertz CT molecular complexity index is 798. The van der Waals surface area contributed by atoms with Gasteiger partial charge in [-0.1, -0.05) is 6.07 Å². The van der Waals surface area contributed by atoms with Crippen molar-refractivity contribution in [3.05, 3.63) is 35.9 Å². The zero-order valence-corrected chi connectivity index (χ0v) is 13.8. The zero-order valence-electron chi connectivity index (χ0n) is 13.0. The summed E-state index contributed by atoms with van der Waals surface area (Å²) in [6.07, 6.45) is 4.74. The summed E-state index contributed by atoms with van der Waals surface area (Å²) in [5.41, 5.74) is 2.56. The summed E-state index contributed by atoms with van der Waals surface area (Å²) in [6.45, 7) is 2.51. The van der Waals surface area contributed by atoms with Gasteiger partial charge < -0.3 is 4.57 Å². The largest absolute Gasteiger partial charge is 0.330 e. The van der Waals surface area contributed by atoms with Crippen molar-refractivity contribution < 1.29 is 8.42 Å². The highest BCUT2D eigenvalue weighted by molar-refractivity contribution is 7.88. The highest BCUT2D eigenvalue weighted by Crippen LogP contribution is 2.33. The molecule has 22 heavy (non-hydrogen) atoms. The second kappa shape index (κ2) is 5.48. The first kappa shape index (κ1) is 15.2. The van der Waals surface area contributed by atoms with Crippen molar-refractivity contribution in [2.45, 2.75) is 25.8 Å². The molecule has 0 saturated carbocycles. The third kappa shape index (κ3) is 2.66. The molecule has 1 aliphatic heterocycles.